The van der Waals surface area contributed by atoms with E-state index in [0.29, 0.717) is 58.2 Å². The SMILES string of the molecule is NS(=O)(=O)c1cccc(NC(=O)N2CCN(C(=O)N3CCOCC3)CC2)c1. The zero-order valence-electron chi connectivity index (χ0n) is 14.8. The van der Waals surface area contributed by atoms with Crippen LogP contribution in [-0.2, 0) is 14.8 Å². The van der Waals surface area contributed by atoms with Crippen molar-refractivity contribution in [1.82, 2.24) is 14.7 Å². The highest BCUT2D eigenvalue weighted by Crippen LogP contribution is 2.15. The summed E-state index contributed by atoms with van der Waals surface area (Å²) in [5.41, 5.74) is 0.346. The van der Waals surface area contributed by atoms with E-state index in [2.05, 4.69) is 5.32 Å². The average molecular weight is 397 g/mol. The van der Waals surface area contributed by atoms with Crippen molar-refractivity contribution in [3.8, 4) is 0 Å². The predicted octanol–water partition coefficient (Wildman–Crippen LogP) is -0.0643. The van der Waals surface area contributed by atoms with Gasteiger partial charge in [0.1, 0.15) is 0 Å². The molecule has 2 saturated heterocycles. The Hall–Kier alpha value is -2.37. The van der Waals surface area contributed by atoms with Crippen molar-refractivity contribution in [2.75, 3.05) is 57.8 Å². The molecule has 1 aromatic rings. The van der Waals surface area contributed by atoms with Gasteiger partial charge in [0.15, 0.2) is 0 Å². The normalized spacial score (nSPS) is 18.3. The second-order valence-electron chi connectivity index (χ2n) is 6.36. The number of rotatable bonds is 2. The number of primary sulfonamides is 1. The fourth-order valence-corrected chi connectivity index (χ4v) is 3.57. The summed E-state index contributed by atoms with van der Waals surface area (Å²) < 4.78 is 28.1. The lowest BCUT2D eigenvalue weighted by Gasteiger charge is -2.38. The molecule has 2 heterocycles. The van der Waals surface area contributed by atoms with Gasteiger partial charge in [0.25, 0.3) is 0 Å². The first-order chi connectivity index (χ1) is 12.8. The number of nitrogens with zero attached hydrogens (tertiary/aromatic N) is 3. The Labute approximate surface area is 157 Å². The molecule has 1 aromatic carbocycles. The van der Waals surface area contributed by atoms with Crippen LogP contribution in [0.25, 0.3) is 0 Å². The molecule has 0 atom stereocenters. The molecule has 10 nitrogen and oxygen atoms in total. The van der Waals surface area contributed by atoms with E-state index in [9.17, 15) is 18.0 Å². The maximum absolute atomic E-state index is 12.5. The van der Waals surface area contributed by atoms with Crippen LogP contribution in [0.15, 0.2) is 29.2 Å². The van der Waals surface area contributed by atoms with Crippen molar-refractivity contribution in [2.45, 2.75) is 4.90 Å². The number of hydrogen-bond donors (Lipinski definition) is 2. The van der Waals surface area contributed by atoms with Gasteiger partial charge in [-0.1, -0.05) is 6.07 Å². The van der Waals surface area contributed by atoms with Gasteiger partial charge < -0.3 is 24.8 Å². The van der Waals surface area contributed by atoms with Crippen LogP contribution in [0.4, 0.5) is 15.3 Å². The number of carbonyl (C=O) groups excluding carboxylic acids is 2. The van der Waals surface area contributed by atoms with Gasteiger partial charge in [-0.3, -0.25) is 0 Å². The van der Waals surface area contributed by atoms with E-state index < -0.39 is 10.0 Å². The highest BCUT2D eigenvalue weighted by Gasteiger charge is 2.28. The number of hydrogen-bond acceptors (Lipinski definition) is 5. The molecule has 3 rings (SSSR count). The van der Waals surface area contributed by atoms with Crippen molar-refractivity contribution in [3.63, 3.8) is 0 Å². The molecule has 0 aromatic heterocycles. The molecule has 27 heavy (non-hydrogen) atoms. The minimum Gasteiger partial charge on any atom is -0.378 e. The number of nitrogens with two attached hydrogens (primary N) is 1. The average Bonchev–Trinajstić information content (AvgIpc) is 2.68. The van der Waals surface area contributed by atoms with Crippen LogP contribution in [-0.4, -0.2) is 87.7 Å². The third kappa shape index (κ3) is 4.87. The van der Waals surface area contributed by atoms with Gasteiger partial charge in [0.2, 0.25) is 10.0 Å². The number of anilines is 1. The van der Waals surface area contributed by atoms with Crippen LogP contribution in [0.2, 0.25) is 0 Å². The Balaban J connectivity index is 1.53. The van der Waals surface area contributed by atoms with Crippen molar-refractivity contribution in [2.24, 2.45) is 5.14 Å². The van der Waals surface area contributed by atoms with Crippen molar-refractivity contribution < 1.29 is 22.7 Å². The molecular formula is C16H23N5O5S. The Kier molecular flexibility index (Phi) is 5.82. The van der Waals surface area contributed by atoms with E-state index in [4.69, 9.17) is 9.88 Å². The van der Waals surface area contributed by atoms with Crippen LogP contribution >= 0.6 is 0 Å². The second-order valence-corrected chi connectivity index (χ2v) is 7.92. The Morgan fingerprint density at radius 2 is 1.56 bits per heavy atom. The summed E-state index contributed by atoms with van der Waals surface area (Å²) in [6.07, 6.45) is 0. The fourth-order valence-electron chi connectivity index (χ4n) is 3.01. The summed E-state index contributed by atoms with van der Waals surface area (Å²) in [4.78, 5) is 29.9. The summed E-state index contributed by atoms with van der Waals surface area (Å²) in [5, 5.41) is 7.77. The zero-order chi connectivity index (χ0) is 19.4. The molecule has 2 aliphatic heterocycles. The molecule has 0 aliphatic carbocycles. The van der Waals surface area contributed by atoms with Gasteiger partial charge in [-0.15, -0.1) is 0 Å². The first kappa shape index (κ1) is 19.4. The second kappa shape index (κ2) is 8.11. The molecule has 0 bridgehead atoms. The number of amides is 4. The van der Waals surface area contributed by atoms with E-state index in [-0.39, 0.29) is 17.0 Å². The number of piperazine rings is 1. The molecule has 11 heteroatoms. The van der Waals surface area contributed by atoms with Gasteiger partial charge in [0, 0.05) is 45.0 Å². The van der Waals surface area contributed by atoms with Crippen LogP contribution < -0.4 is 10.5 Å². The monoisotopic (exact) mass is 397 g/mol. The lowest BCUT2D eigenvalue weighted by Crippen LogP contribution is -2.56. The number of morpholine rings is 1. The first-order valence-electron chi connectivity index (χ1n) is 8.65. The lowest BCUT2D eigenvalue weighted by atomic mass is 10.3. The minimum atomic E-state index is -3.84. The maximum atomic E-state index is 12.5. The molecule has 0 spiro atoms. The molecule has 2 aliphatic rings. The standard InChI is InChI=1S/C16H23N5O5S/c17-27(24,25)14-3-1-2-13(12-14)18-15(22)19-4-6-20(7-5-19)16(23)21-8-10-26-11-9-21/h1-3,12H,4-11H2,(H,18,22)(H2,17,24,25). The largest absolute Gasteiger partial charge is 0.378 e. The zero-order valence-corrected chi connectivity index (χ0v) is 15.7. The van der Waals surface area contributed by atoms with E-state index in [1.54, 1.807) is 20.8 Å². The molecule has 148 valence electrons. The molecule has 2 fully saturated rings. The van der Waals surface area contributed by atoms with Gasteiger partial charge in [-0.25, -0.2) is 23.1 Å². The summed E-state index contributed by atoms with van der Waals surface area (Å²) in [5.74, 6) is 0. The molecule has 0 radical (unpaired) electrons. The van der Waals surface area contributed by atoms with Gasteiger partial charge in [-0.05, 0) is 18.2 Å². The topological polar surface area (TPSA) is 125 Å². The number of ether oxygens (including phenoxy) is 1. The van der Waals surface area contributed by atoms with Gasteiger partial charge in [0.05, 0.1) is 18.1 Å². The Morgan fingerprint density at radius 3 is 2.19 bits per heavy atom. The van der Waals surface area contributed by atoms with Crippen LogP contribution in [0, 0.1) is 0 Å². The third-order valence-electron chi connectivity index (χ3n) is 4.53. The molecule has 0 unspecified atom stereocenters. The Morgan fingerprint density at radius 1 is 0.963 bits per heavy atom. The highest BCUT2D eigenvalue weighted by atomic mass is 32.2. The van der Waals surface area contributed by atoms with E-state index in [1.165, 1.54) is 18.2 Å². The summed E-state index contributed by atoms with van der Waals surface area (Å²) in [6.45, 7) is 3.95. The van der Waals surface area contributed by atoms with Crippen molar-refractivity contribution in [1.29, 1.82) is 0 Å². The predicted molar refractivity (Wildman–Crippen MR) is 97.8 cm³/mol. The molecular weight excluding hydrogens is 374 g/mol. The van der Waals surface area contributed by atoms with Gasteiger partial charge >= 0.3 is 12.1 Å². The van der Waals surface area contributed by atoms with Crippen molar-refractivity contribution >= 4 is 27.8 Å². The van der Waals surface area contributed by atoms with Crippen molar-refractivity contribution in [3.05, 3.63) is 24.3 Å². The number of carbonyl (C=O) groups is 2. The minimum absolute atomic E-state index is 0.0285. The van der Waals surface area contributed by atoms with Crippen LogP contribution in [0.5, 0.6) is 0 Å². The van der Waals surface area contributed by atoms with E-state index in [0.717, 1.165) is 0 Å². The number of sulfonamides is 1. The quantitative estimate of drug-likeness (QED) is 0.723. The van der Waals surface area contributed by atoms with Gasteiger partial charge in [-0.2, -0.15) is 0 Å². The molecule has 4 amide bonds. The Bertz CT molecular complexity index is 801. The van der Waals surface area contributed by atoms with E-state index in [1.807, 2.05) is 0 Å². The maximum Gasteiger partial charge on any atom is 0.321 e. The summed E-state index contributed by atoms with van der Waals surface area (Å²) >= 11 is 0. The molecule has 3 N–H and O–H groups in total. The van der Waals surface area contributed by atoms with Crippen LogP contribution in [0.1, 0.15) is 0 Å². The van der Waals surface area contributed by atoms with E-state index >= 15 is 0 Å². The number of urea groups is 2. The first-order valence-corrected chi connectivity index (χ1v) is 10.2. The summed E-state index contributed by atoms with van der Waals surface area (Å²) in [7, 11) is -3.84. The third-order valence-corrected chi connectivity index (χ3v) is 5.44. The fraction of sp³-hybridized carbons (Fsp3) is 0.500. The number of nitrogens with one attached hydrogen (secondary N) is 1. The smallest absolute Gasteiger partial charge is 0.321 e. The number of benzene rings is 1. The molecule has 0 saturated carbocycles. The summed E-state index contributed by atoms with van der Waals surface area (Å²) in [6, 6.07) is 5.39. The highest BCUT2D eigenvalue weighted by molar-refractivity contribution is 7.89. The van der Waals surface area contributed by atoms with Crippen LogP contribution in [0.3, 0.4) is 0 Å². The lowest BCUT2D eigenvalue weighted by molar-refractivity contribution is 0.0394.